The lowest BCUT2D eigenvalue weighted by atomic mass is 10.1. The summed E-state index contributed by atoms with van der Waals surface area (Å²) in [5, 5.41) is 2.83. The van der Waals surface area contributed by atoms with Gasteiger partial charge in [0.05, 0.1) is 0 Å². The fourth-order valence-electron chi connectivity index (χ4n) is 1.81. The first-order valence-corrected chi connectivity index (χ1v) is 6.56. The molecule has 1 aromatic rings. The third-order valence-electron chi connectivity index (χ3n) is 3.05. The summed E-state index contributed by atoms with van der Waals surface area (Å²) in [6.07, 6.45) is 1.83. The van der Waals surface area contributed by atoms with Gasteiger partial charge in [0.25, 0.3) is 5.91 Å². The van der Waals surface area contributed by atoms with Crippen molar-refractivity contribution < 1.29 is 13.9 Å². The van der Waals surface area contributed by atoms with E-state index in [1.54, 1.807) is 19.1 Å². The molecule has 19 heavy (non-hydrogen) atoms. The number of nitrogens with one attached hydrogen (secondary N) is 1. The Labute approximate surface area is 112 Å². The minimum Gasteiger partial charge on any atom is -0.478 e. The van der Waals surface area contributed by atoms with Crippen LogP contribution in [0.3, 0.4) is 0 Å². The highest BCUT2D eigenvalue weighted by Crippen LogP contribution is 2.25. The van der Waals surface area contributed by atoms with Crippen molar-refractivity contribution in [1.29, 1.82) is 0 Å². The van der Waals surface area contributed by atoms with Crippen molar-refractivity contribution in [1.82, 2.24) is 5.32 Å². The number of amides is 1. The zero-order chi connectivity index (χ0) is 13.8. The lowest BCUT2D eigenvalue weighted by Gasteiger charge is -2.17. The van der Waals surface area contributed by atoms with E-state index in [0.29, 0.717) is 18.5 Å². The molecule has 1 aliphatic rings. The smallest absolute Gasteiger partial charge is 0.260 e. The van der Waals surface area contributed by atoms with Crippen molar-refractivity contribution in [3.8, 4) is 5.75 Å². The van der Waals surface area contributed by atoms with E-state index in [2.05, 4.69) is 5.32 Å². The number of rotatable bonds is 6. The minimum atomic E-state index is -0.714. The number of ether oxygens (including phenoxy) is 1. The van der Waals surface area contributed by atoms with E-state index < -0.39 is 11.9 Å². The summed E-state index contributed by atoms with van der Waals surface area (Å²) in [5.41, 5.74) is 6.18. The summed E-state index contributed by atoms with van der Waals surface area (Å²) >= 11 is 0. The molecule has 3 N–H and O–H groups in total. The molecule has 1 amide bonds. The third kappa shape index (κ3) is 3.67. The van der Waals surface area contributed by atoms with Crippen LogP contribution in [-0.2, 0) is 11.2 Å². The molecular formula is C14H19FN2O2. The predicted molar refractivity (Wildman–Crippen MR) is 70.4 cm³/mol. The maximum Gasteiger partial charge on any atom is 0.260 e. The van der Waals surface area contributed by atoms with E-state index >= 15 is 0 Å². The normalized spacial score (nSPS) is 15.9. The number of carbonyl (C=O) groups is 1. The summed E-state index contributed by atoms with van der Waals surface area (Å²) in [7, 11) is 0. The molecule has 0 radical (unpaired) electrons. The van der Waals surface area contributed by atoms with Gasteiger partial charge in [-0.15, -0.1) is 0 Å². The molecule has 0 bridgehead atoms. The highest BCUT2D eigenvalue weighted by Gasteiger charge is 2.27. The Balaban J connectivity index is 2.05. The molecule has 2 rings (SSSR count). The molecule has 104 valence electrons. The maximum atomic E-state index is 13.8. The van der Waals surface area contributed by atoms with Crippen LogP contribution in [0.2, 0.25) is 0 Å². The van der Waals surface area contributed by atoms with E-state index in [4.69, 9.17) is 10.5 Å². The first-order chi connectivity index (χ1) is 9.11. The Bertz CT molecular complexity index is 461. The van der Waals surface area contributed by atoms with Gasteiger partial charge in [0, 0.05) is 6.04 Å². The molecule has 1 fully saturated rings. The van der Waals surface area contributed by atoms with Gasteiger partial charge in [0.2, 0.25) is 0 Å². The Morgan fingerprint density at radius 3 is 2.95 bits per heavy atom. The van der Waals surface area contributed by atoms with Crippen LogP contribution in [0.15, 0.2) is 18.2 Å². The molecule has 5 heteroatoms. The van der Waals surface area contributed by atoms with Gasteiger partial charge in [0.1, 0.15) is 0 Å². The van der Waals surface area contributed by atoms with Crippen LogP contribution in [0.5, 0.6) is 5.75 Å². The van der Waals surface area contributed by atoms with Gasteiger partial charge in [0.15, 0.2) is 17.7 Å². The van der Waals surface area contributed by atoms with Crippen LogP contribution in [0.4, 0.5) is 4.39 Å². The van der Waals surface area contributed by atoms with Gasteiger partial charge in [-0.05, 0) is 44.4 Å². The highest BCUT2D eigenvalue weighted by atomic mass is 19.1. The van der Waals surface area contributed by atoms with Crippen molar-refractivity contribution in [3.05, 3.63) is 29.6 Å². The lowest BCUT2D eigenvalue weighted by Crippen LogP contribution is -2.37. The second kappa shape index (κ2) is 6.02. The Morgan fingerprint density at radius 1 is 1.58 bits per heavy atom. The second-order valence-corrected chi connectivity index (χ2v) is 4.81. The van der Waals surface area contributed by atoms with Crippen LogP contribution < -0.4 is 15.8 Å². The number of benzene rings is 1. The molecule has 1 aromatic carbocycles. The maximum absolute atomic E-state index is 13.8. The summed E-state index contributed by atoms with van der Waals surface area (Å²) in [6.45, 7) is 2.03. The van der Waals surface area contributed by atoms with E-state index in [1.807, 2.05) is 0 Å². The SMILES string of the molecule is CC(Oc1c(F)cccc1CCN)C(=O)NC1CC1. The standard InChI is InChI=1S/C14H19FN2O2/c1-9(14(18)17-11-5-6-11)19-13-10(7-8-16)3-2-4-12(13)15/h2-4,9,11H,5-8,16H2,1H3,(H,17,18). The van der Waals surface area contributed by atoms with Crippen LogP contribution in [0.25, 0.3) is 0 Å². The Morgan fingerprint density at radius 2 is 2.32 bits per heavy atom. The lowest BCUT2D eigenvalue weighted by molar-refractivity contribution is -0.127. The fourth-order valence-corrected chi connectivity index (χ4v) is 1.81. The minimum absolute atomic E-state index is 0.131. The van der Waals surface area contributed by atoms with E-state index in [9.17, 15) is 9.18 Å². The van der Waals surface area contributed by atoms with Gasteiger partial charge < -0.3 is 15.8 Å². The van der Waals surface area contributed by atoms with Crippen LogP contribution >= 0.6 is 0 Å². The average Bonchev–Trinajstić information content (AvgIpc) is 3.17. The number of carbonyl (C=O) groups excluding carboxylic acids is 1. The Hall–Kier alpha value is -1.62. The van der Waals surface area contributed by atoms with Gasteiger partial charge in [-0.2, -0.15) is 0 Å². The molecule has 1 saturated carbocycles. The first-order valence-electron chi connectivity index (χ1n) is 6.56. The summed E-state index contributed by atoms with van der Waals surface area (Å²) in [4.78, 5) is 11.8. The molecule has 1 atom stereocenters. The zero-order valence-electron chi connectivity index (χ0n) is 11.0. The molecule has 0 saturated heterocycles. The predicted octanol–water partition coefficient (Wildman–Crippen LogP) is 1.37. The molecule has 1 unspecified atom stereocenters. The van der Waals surface area contributed by atoms with Gasteiger partial charge in [-0.3, -0.25) is 4.79 Å². The molecule has 0 aliphatic heterocycles. The van der Waals surface area contributed by atoms with Crippen LogP contribution in [0, 0.1) is 5.82 Å². The third-order valence-corrected chi connectivity index (χ3v) is 3.05. The van der Waals surface area contributed by atoms with E-state index in [0.717, 1.165) is 12.8 Å². The first kappa shape index (κ1) is 13.8. The monoisotopic (exact) mass is 266 g/mol. The Kier molecular flexibility index (Phi) is 4.37. The summed E-state index contributed by atoms with van der Waals surface area (Å²) < 4.78 is 19.3. The van der Waals surface area contributed by atoms with Crippen molar-refractivity contribution in [2.24, 2.45) is 5.73 Å². The molecule has 4 nitrogen and oxygen atoms in total. The molecule has 0 aromatic heterocycles. The zero-order valence-corrected chi connectivity index (χ0v) is 11.0. The van der Waals surface area contributed by atoms with Crippen molar-refractivity contribution >= 4 is 5.91 Å². The average molecular weight is 266 g/mol. The topological polar surface area (TPSA) is 64.3 Å². The van der Waals surface area contributed by atoms with Crippen LogP contribution in [-0.4, -0.2) is 24.6 Å². The number of hydrogen-bond donors (Lipinski definition) is 2. The van der Waals surface area contributed by atoms with Crippen molar-refractivity contribution in [2.45, 2.75) is 38.3 Å². The summed E-state index contributed by atoms with van der Waals surface area (Å²) in [5.74, 6) is -0.534. The molecule has 0 heterocycles. The highest BCUT2D eigenvalue weighted by molar-refractivity contribution is 5.81. The van der Waals surface area contributed by atoms with E-state index in [-0.39, 0.29) is 17.7 Å². The van der Waals surface area contributed by atoms with Gasteiger partial charge >= 0.3 is 0 Å². The number of halogens is 1. The quantitative estimate of drug-likeness (QED) is 0.817. The van der Waals surface area contributed by atoms with Gasteiger partial charge in [-0.25, -0.2) is 4.39 Å². The van der Waals surface area contributed by atoms with E-state index in [1.165, 1.54) is 6.07 Å². The van der Waals surface area contributed by atoms with Gasteiger partial charge in [-0.1, -0.05) is 12.1 Å². The number of nitrogens with two attached hydrogens (primary N) is 1. The largest absolute Gasteiger partial charge is 0.478 e. The number of para-hydroxylation sites is 1. The molecular weight excluding hydrogens is 247 g/mol. The molecule has 1 aliphatic carbocycles. The van der Waals surface area contributed by atoms with Crippen molar-refractivity contribution in [2.75, 3.05) is 6.54 Å². The second-order valence-electron chi connectivity index (χ2n) is 4.81. The molecule has 0 spiro atoms. The number of hydrogen-bond acceptors (Lipinski definition) is 3. The fraction of sp³-hybridized carbons (Fsp3) is 0.500. The van der Waals surface area contributed by atoms with Crippen LogP contribution in [0.1, 0.15) is 25.3 Å². The van der Waals surface area contributed by atoms with Crippen molar-refractivity contribution in [3.63, 3.8) is 0 Å². The summed E-state index contributed by atoms with van der Waals surface area (Å²) in [6, 6.07) is 4.96.